The van der Waals surface area contributed by atoms with Gasteiger partial charge in [0.1, 0.15) is 18.1 Å². The monoisotopic (exact) mass is 343 g/mol. The number of hydrogen-bond acceptors (Lipinski definition) is 5. The molecule has 0 aliphatic heterocycles. The maximum absolute atomic E-state index is 11.3. The first-order chi connectivity index (χ1) is 9.13. The molecule has 20 heavy (non-hydrogen) atoms. The van der Waals surface area contributed by atoms with Gasteiger partial charge < -0.3 is 10.2 Å². The van der Waals surface area contributed by atoms with E-state index < -0.39 is 0 Å². The third-order valence-corrected chi connectivity index (χ3v) is 3.27. The number of aromatic nitrogens is 2. The fourth-order valence-electron chi connectivity index (χ4n) is 1.77. The molecule has 0 spiro atoms. The number of imidazole rings is 1. The molecule has 0 bridgehead atoms. The smallest absolute Gasteiger partial charge is 0.306 e. The summed E-state index contributed by atoms with van der Waals surface area (Å²) in [5.74, 6) is -0.220. The maximum atomic E-state index is 11.3. The number of carbonyl (C=O) groups excluding carboxylic acids is 1. The molecule has 0 aliphatic rings. The van der Waals surface area contributed by atoms with Crippen molar-refractivity contribution in [3.05, 3.63) is 33.5 Å². The van der Waals surface area contributed by atoms with E-state index in [1.54, 1.807) is 23.6 Å². The van der Waals surface area contributed by atoms with Gasteiger partial charge >= 0.3 is 5.97 Å². The molecule has 0 radical (unpaired) electrons. The number of nitrogens with zero attached hydrogens (tertiary/aromatic N) is 2. The Hall–Kier alpha value is -1.80. The highest BCUT2D eigenvalue weighted by atomic mass is 79.9. The van der Waals surface area contributed by atoms with E-state index in [2.05, 4.69) is 26.1 Å². The van der Waals surface area contributed by atoms with E-state index in [1.165, 1.54) is 0 Å². The van der Waals surface area contributed by atoms with Crippen molar-refractivity contribution in [2.24, 2.45) is 5.18 Å². The Balaban J connectivity index is 0.00000200. The van der Waals surface area contributed by atoms with Crippen molar-refractivity contribution in [2.75, 3.05) is 6.61 Å². The molecule has 0 fully saturated rings. The van der Waals surface area contributed by atoms with E-state index in [0.717, 1.165) is 11.3 Å². The summed E-state index contributed by atoms with van der Waals surface area (Å²) in [5, 5.41) is 2.92. The number of hydrogen-bond donors (Lipinski definition) is 1. The fraction of sp³-hybridized carbons (Fsp3) is 0.333. The maximum Gasteiger partial charge on any atom is 0.306 e. The number of aromatic amines is 1. The van der Waals surface area contributed by atoms with Gasteiger partial charge in [0.25, 0.3) is 5.65 Å². The van der Waals surface area contributed by atoms with Crippen molar-refractivity contribution >= 4 is 33.2 Å². The van der Waals surface area contributed by atoms with Crippen LogP contribution in [0, 0.1) is 4.91 Å². The van der Waals surface area contributed by atoms with E-state index in [-0.39, 0.29) is 11.4 Å². The number of fused-ring (bicyclic) bond motifs is 1. The zero-order valence-corrected chi connectivity index (χ0v) is 12.4. The number of esters is 1. The summed E-state index contributed by atoms with van der Waals surface area (Å²) in [6.07, 6.45) is 4.33. The van der Waals surface area contributed by atoms with Crippen molar-refractivity contribution in [3.63, 3.8) is 0 Å². The van der Waals surface area contributed by atoms with Crippen LogP contribution < -0.4 is 4.40 Å². The summed E-state index contributed by atoms with van der Waals surface area (Å²) in [5.41, 5.74) is 2.04. The van der Waals surface area contributed by atoms with Gasteiger partial charge in [-0.05, 0) is 28.0 Å². The van der Waals surface area contributed by atoms with Gasteiger partial charge in [0.2, 0.25) is 0 Å². The van der Waals surface area contributed by atoms with E-state index >= 15 is 0 Å². The minimum absolute atomic E-state index is 0. The van der Waals surface area contributed by atoms with Gasteiger partial charge in [0, 0.05) is 12.5 Å². The molecule has 0 aliphatic carbocycles. The molecular formula is C12H14BrN3O4. The van der Waals surface area contributed by atoms with Crippen LogP contribution in [-0.2, 0) is 16.0 Å². The van der Waals surface area contributed by atoms with Gasteiger partial charge in [-0.15, -0.1) is 4.91 Å². The topological polar surface area (TPSA) is 106 Å². The molecule has 2 N–H and O–H groups in total. The molecule has 0 saturated heterocycles. The van der Waals surface area contributed by atoms with Crippen molar-refractivity contribution < 1.29 is 19.4 Å². The standard InChI is InChI=1S/C12H12BrN3O3.H2O/c1-2-19-12(17)4-3-8-6-16-7-10(15-18)9(13)5-11(16)14-8;/h5-7H,2-4H2,1H3;1H2. The zero-order chi connectivity index (χ0) is 13.8. The highest BCUT2D eigenvalue weighted by molar-refractivity contribution is 9.10. The van der Waals surface area contributed by atoms with Gasteiger partial charge in [0.05, 0.1) is 17.5 Å². The van der Waals surface area contributed by atoms with E-state index in [1.807, 2.05) is 6.20 Å². The van der Waals surface area contributed by atoms with Crippen LogP contribution in [0.2, 0.25) is 0 Å². The normalized spacial score (nSPS) is 10.1. The lowest BCUT2D eigenvalue weighted by molar-refractivity contribution is -0.509. The number of pyridine rings is 1. The van der Waals surface area contributed by atoms with Crippen LogP contribution in [0.3, 0.4) is 0 Å². The summed E-state index contributed by atoms with van der Waals surface area (Å²) >= 11 is 3.27. The Labute approximate surface area is 123 Å². The Morgan fingerprint density at radius 2 is 2.25 bits per heavy atom. The van der Waals surface area contributed by atoms with Crippen LogP contribution in [0.5, 0.6) is 0 Å². The second kappa shape index (κ2) is 7.11. The highest BCUT2D eigenvalue weighted by Crippen LogP contribution is 2.23. The molecule has 0 unspecified atom stereocenters. The third-order valence-electron chi connectivity index (χ3n) is 2.63. The molecule has 2 aromatic heterocycles. The van der Waals surface area contributed by atoms with Crippen molar-refractivity contribution in [1.82, 2.24) is 4.98 Å². The van der Waals surface area contributed by atoms with E-state index in [4.69, 9.17) is 4.74 Å². The predicted octanol–water partition coefficient (Wildman–Crippen LogP) is 2.23. The molecule has 0 amide bonds. The first-order valence-electron chi connectivity index (χ1n) is 5.85. The second-order valence-electron chi connectivity index (χ2n) is 3.97. The number of carbonyl (C=O) groups is 1. The molecule has 0 atom stereocenters. The summed E-state index contributed by atoms with van der Waals surface area (Å²) in [6.45, 7) is 2.17. The van der Waals surface area contributed by atoms with Gasteiger partial charge in [-0.3, -0.25) is 4.79 Å². The van der Waals surface area contributed by atoms with Crippen LogP contribution in [0.15, 0.2) is 28.1 Å². The van der Waals surface area contributed by atoms with Gasteiger partial charge in [0.15, 0.2) is 5.69 Å². The van der Waals surface area contributed by atoms with Crippen LogP contribution in [-0.4, -0.2) is 23.0 Å². The van der Waals surface area contributed by atoms with Crippen molar-refractivity contribution in [1.29, 1.82) is 0 Å². The first kappa shape index (κ1) is 16.3. The van der Waals surface area contributed by atoms with Crippen LogP contribution in [0.1, 0.15) is 19.0 Å². The molecule has 0 saturated carbocycles. The minimum Gasteiger partial charge on any atom is -0.870 e. The minimum atomic E-state index is -0.220. The lowest BCUT2D eigenvalue weighted by Gasteiger charge is -1.97. The molecule has 2 heterocycles. The quantitative estimate of drug-likeness (QED) is 0.510. The molecule has 7 nitrogen and oxygen atoms in total. The molecule has 2 aromatic rings. The first-order valence-corrected chi connectivity index (χ1v) is 6.64. The molecule has 2 rings (SSSR count). The average Bonchev–Trinajstić information content (AvgIpc) is 2.77. The summed E-state index contributed by atoms with van der Waals surface area (Å²) < 4.78 is 7.26. The van der Waals surface area contributed by atoms with Crippen molar-refractivity contribution in [2.45, 2.75) is 19.8 Å². The molecule has 0 aromatic carbocycles. The average molecular weight is 344 g/mol. The number of aryl methyl sites for hydroxylation is 1. The Bertz CT molecular complexity index is 626. The van der Waals surface area contributed by atoms with Crippen LogP contribution >= 0.6 is 15.9 Å². The third kappa shape index (κ3) is 3.61. The Kier molecular flexibility index (Phi) is 5.78. The lowest BCUT2D eigenvalue weighted by atomic mass is 10.2. The summed E-state index contributed by atoms with van der Waals surface area (Å²) in [7, 11) is 0. The van der Waals surface area contributed by atoms with Crippen molar-refractivity contribution in [3.8, 4) is 0 Å². The number of nitroso groups, excluding NO2 is 1. The molecule has 8 heteroatoms. The van der Waals surface area contributed by atoms with Crippen LogP contribution in [0.4, 0.5) is 5.69 Å². The number of rotatable bonds is 5. The Morgan fingerprint density at radius 1 is 1.50 bits per heavy atom. The number of H-pyrrole nitrogens is 1. The molecule has 108 valence electrons. The zero-order valence-electron chi connectivity index (χ0n) is 10.8. The van der Waals surface area contributed by atoms with Gasteiger partial charge in [-0.1, -0.05) is 0 Å². The number of nitrogens with one attached hydrogen (secondary N) is 1. The summed E-state index contributed by atoms with van der Waals surface area (Å²) in [6, 6.07) is 1.77. The van der Waals surface area contributed by atoms with E-state index in [0.29, 0.717) is 29.6 Å². The van der Waals surface area contributed by atoms with Gasteiger partial charge in [-0.25, -0.2) is 9.38 Å². The number of ether oxygens (including phenoxy) is 1. The SMILES string of the molecule is CCOC(=O)CCc1c[n+]2cc(N=O)c(Br)cc2[nH]1.[OH-]. The second-order valence-corrected chi connectivity index (χ2v) is 4.83. The fourth-order valence-corrected chi connectivity index (χ4v) is 2.16. The van der Waals surface area contributed by atoms with Gasteiger partial charge in [-0.2, -0.15) is 0 Å². The predicted molar refractivity (Wildman–Crippen MR) is 74.0 cm³/mol. The molecular weight excluding hydrogens is 330 g/mol. The van der Waals surface area contributed by atoms with E-state index in [9.17, 15) is 9.70 Å². The number of halogens is 1. The van der Waals surface area contributed by atoms with Crippen LogP contribution in [0.25, 0.3) is 5.65 Å². The largest absolute Gasteiger partial charge is 0.870 e. The summed E-state index contributed by atoms with van der Waals surface area (Å²) in [4.78, 5) is 25.0. The Morgan fingerprint density at radius 3 is 2.90 bits per heavy atom. The lowest BCUT2D eigenvalue weighted by Crippen LogP contribution is -2.17. The highest BCUT2D eigenvalue weighted by Gasteiger charge is 2.14.